The van der Waals surface area contributed by atoms with E-state index < -0.39 is 5.69 Å². The Bertz CT molecular complexity index is 838. The van der Waals surface area contributed by atoms with Crippen LogP contribution < -0.4 is 21.3 Å². The molecule has 1 atom stereocenters. The zero-order valence-corrected chi connectivity index (χ0v) is 14.1. The Morgan fingerprint density at radius 2 is 1.96 bits per heavy atom. The molecule has 0 radical (unpaired) electrons. The molecule has 0 saturated carbocycles. The first-order chi connectivity index (χ1) is 11.5. The lowest BCUT2D eigenvalue weighted by molar-refractivity contribution is 0.200. The minimum absolute atomic E-state index is 0.333. The minimum atomic E-state index is -0.451. The van der Waals surface area contributed by atoms with E-state index in [0.717, 1.165) is 6.42 Å². The second-order valence-corrected chi connectivity index (χ2v) is 5.96. The van der Waals surface area contributed by atoms with E-state index in [1.165, 1.54) is 4.57 Å². The molecule has 24 heavy (non-hydrogen) atoms. The highest BCUT2D eigenvalue weighted by molar-refractivity contribution is 5.52. The Hall–Kier alpha value is -2.54. The molecule has 0 fully saturated rings. The third-order valence-electron chi connectivity index (χ3n) is 4.56. The monoisotopic (exact) mass is 330 g/mol. The Balaban J connectivity index is 2.09. The Morgan fingerprint density at radius 3 is 2.58 bits per heavy atom. The number of benzene rings is 1. The maximum absolute atomic E-state index is 12.4. The van der Waals surface area contributed by atoms with E-state index in [-0.39, 0.29) is 5.56 Å². The molecule has 128 valence electrons. The van der Waals surface area contributed by atoms with Crippen LogP contribution in [0.15, 0.2) is 33.9 Å². The number of fused-ring (bicyclic) bond motifs is 1. The summed E-state index contributed by atoms with van der Waals surface area (Å²) in [5.41, 5.74) is 0.475. The van der Waals surface area contributed by atoms with Crippen LogP contribution in [0.5, 0.6) is 5.75 Å². The SMILES string of the molecule is CCC(C)N1CNc2c(c(=O)[nH]c(=O)n2-c2ccc(OC)cc2)C1. The number of methoxy groups -OCH3 is 1. The van der Waals surface area contributed by atoms with Gasteiger partial charge >= 0.3 is 5.69 Å². The lowest BCUT2D eigenvalue weighted by Crippen LogP contribution is -2.45. The van der Waals surface area contributed by atoms with Crippen molar-refractivity contribution in [3.05, 3.63) is 50.7 Å². The number of ether oxygens (including phenoxy) is 1. The van der Waals surface area contributed by atoms with Crippen molar-refractivity contribution >= 4 is 5.82 Å². The summed E-state index contributed by atoms with van der Waals surface area (Å²) in [4.78, 5) is 29.2. The van der Waals surface area contributed by atoms with E-state index in [4.69, 9.17) is 4.74 Å². The fourth-order valence-electron chi connectivity index (χ4n) is 2.89. The first kappa shape index (κ1) is 16.3. The quantitative estimate of drug-likeness (QED) is 0.888. The molecule has 0 spiro atoms. The van der Waals surface area contributed by atoms with E-state index in [0.29, 0.717) is 42.1 Å². The van der Waals surface area contributed by atoms with E-state index in [1.807, 2.05) is 0 Å². The van der Waals surface area contributed by atoms with Crippen molar-refractivity contribution in [2.75, 3.05) is 19.1 Å². The largest absolute Gasteiger partial charge is 0.497 e. The summed E-state index contributed by atoms with van der Waals surface area (Å²) in [5, 5.41) is 3.24. The van der Waals surface area contributed by atoms with Crippen LogP contribution in [-0.4, -0.2) is 34.3 Å². The van der Waals surface area contributed by atoms with Gasteiger partial charge in [0, 0.05) is 12.6 Å². The number of rotatable bonds is 4. The molecule has 2 N–H and O–H groups in total. The zero-order valence-electron chi connectivity index (χ0n) is 14.1. The molecule has 2 heterocycles. The smallest absolute Gasteiger partial charge is 0.334 e. The molecular weight excluding hydrogens is 308 g/mol. The fourth-order valence-corrected chi connectivity index (χ4v) is 2.89. The van der Waals surface area contributed by atoms with Crippen LogP contribution >= 0.6 is 0 Å². The average Bonchev–Trinajstić information content (AvgIpc) is 2.61. The molecule has 3 rings (SSSR count). The van der Waals surface area contributed by atoms with Gasteiger partial charge in [-0.05, 0) is 37.6 Å². The molecule has 7 nitrogen and oxygen atoms in total. The summed E-state index contributed by atoms with van der Waals surface area (Å²) in [7, 11) is 1.59. The summed E-state index contributed by atoms with van der Waals surface area (Å²) >= 11 is 0. The number of aromatic nitrogens is 2. The molecule has 7 heteroatoms. The predicted octanol–water partition coefficient (Wildman–Crippen LogP) is 1.52. The lowest BCUT2D eigenvalue weighted by Gasteiger charge is -2.34. The van der Waals surface area contributed by atoms with Gasteiger partial charge in [0.2, 0.25) is 0 Å². The first-order valence-electron chi connectivity index (χ1n) is 8.05. The summed E-state index contributed by atoms with van der Waals surface area (Å²) in [6.45, 7) is 5.35. The van der Waals surface area contributed by atoms with Crippen molar-refractivity contribution in [1.82, 2.24) is 14.5 Å². The third kappa shape index (κ3) is 2.82. The lowest BCUT2D eigenvalue weighted by atomic mass is 10.1. The fraction of sp³-hybridized carbons (Fsp3) is 0.412. The number of anilines is 1. The molecule has 0 amide bonds. The van der Waals surface area contributed by atoms with Crippen LogP contribution in [0.4, 0.5) is 5.82 Å². The topological polar surface area (TPSA) is 79.4 Å². The highest BCUT2D eigenvalue weighted by Gasteiger charge is 2.25. The van der Waals surface area contributed by atoms with Crippen LogP contribution in [0.3, 0.4) is 0 Å². The molecule has 1 unspecified atom stereocenters. The van der Waals surface area contributed by atoms with Gasteiger partial charge in [0.25, 0.3) is 5.56 Å². The van der Waals surface area contributed by atoms with Crippen LogP contribution in [-0.2, 0) is 6.54 Å². The van der Waals surface area contributed by atoms with E-state index in [9.17, 15) is 9.59 Å². The standard InChI is InChI=1S/C17H22N4O3/c1-4-11(2)20-9-14-15(18-10-20)21(17(23)19-16(14)22)12-5-7-13(24-3)8-6-12/h5-8,11,18H,4,9-10H2,1-3H3,(H,19,22,23). The molecule has 1 aromatic carbocycles. The predicted molar refractivity (Wildman–Crippen MR) is 93.0 cm³/mol. The maximum atomic E-state index is 12.4. The summed E-state index contributed by atoms with van der Waals surface area (Å²) in [6, 6.07) is 7.51. The average molecular weight is 330 g/mol. The Kier molecular flexibility index (Phi) is 4.44. The van der Waals surface area contributed by atoms with Gasteiger partial charge in [-0.25, -0.2) is 9.36 Å². The molecule has 0 bridgehead atoms. The maximum Gasteiger partial charge on any atom is 0.334 e. The second kappa shape index (κ2) is 6.52. The van der Waals surface area contributed by atoms with Gasteiger partial charge in [-0.1, -0.05) is 6.92 Å². The van der Waals surface area contributed by atoms with E-state index in [2.05, 4.69) is 29.0 Å². The minimum Gasteiger partial charge on any atom is -0.497 e. The highest BCUT2D eigenvalue weighted by Crippen LogP contribution is 2.23. The molecule has 0 saturated heterocycles. The normalized spacial score (nSPS) is 15.5. The zero-order chi connectivity index (χ0) is 17.3. The number of hydrogen-bond donors (Lipinski definition) is 2. The molecule has 2 aromatic rings. The van der Waals surface area contributed by atoms with E-state index >= 15 is 0 Å². The number of nitrogens with one attached hydrogen (secondary N) is 2. The van der Waals surface area contributed by atoms with Crippen LogP contribution in [0.1, 0.15) is 25.8 Å². The van der Waals surface area contributed by atoms with Crippen LogP contribution in [0.2, 0.25) is 0 Å². The Labute approximate surface area is 139 Å². The summed E-state index contributed by atoms with van der Waals surface area (Å²) in [6.07, 6.45) is 0.993. The van der Waals surface area contributed by atoms with Gasteiger partial charge in [-0.2, -0.15) is 0 Å². The number of hydrogen-bond acceptors (Lipinski definition) is 5. The van der Waals surface area contributed by atoms with Crippen molar-refractivity contribution in [2.24, 2.45) is 0 Å². The van der Waals surface area contributed by atoms with E-state index in [1.54, 1.807) is 31.4 Å². The molecular formula is C17H22N4O3. The summed E-state index contributed by atoms with van der Waals surface area (Å²) < 4.78 is 6.66. The number of nitrogens with zero attached hydrogens (tertiary/aromatic N) is 2. The number of H-pyrrole nitrogens is 1. The Morgan fingerprint density at radius 1 is 1.25 bits per heavy atom. The van der Waals surface area contributed by atoms with Crippen molar-refractivity contribution in [3.63, 3.8) is 0 Å². The second-order valence-electron chi connectivity index (χ2n) is 5.96. The van der Waals surface area contributed by atoms with Crippen molar-refractivity contribution in [1.29, 1.82) is 0 Å². The third-order valence-corrected chi connectivity index (χ3v) is 4.56. The molecule has 1 aliphatic rings. The van der Waals surface area contributed by atoms with Gasteiger partial charge in [-0.3, -0.25) is 14.7 Å². The van der Waals surface area contributed by atoms with Crippen LogP contribution in [0, 0.1) is 0 Å². The first-order valence-corrected chi connectivity index (χ1v) is 8.05. The molecule has 1 aliphatic heterocycles. The van der Waals surface area contributed by atoms with Crippen LogP contribution in [0.25, 0.3) is 5.69 Å². The molecule has 0 aliphatic carbocycles. The highest BCUT2D eigenvalue weighted by atomic mass is 16.5. The van der Waals surface area contributed by atoms with Gasteiger partial charge < -0.3 is 10.1 Å². The van der Waals surface area contributed by atoms with Gasteiger partial charge in [0.15, 0.2) is 0 Å². The van der Waals surface area contributed by atoms with Gasteiger partial charge in [0.1, 0.15) is 11.6 Å². The van der Waals surface area contributed by atoms with Gasteiger partial charge in [-0.15, -0.1) is 0 Å². The van der Waals surface area contributed by atoms with Gasteiger partial charge in [0.05, 0.1) is 25.0 Å². The molecule has 1 aromatic heterocycles. The summed E-state index contributed by atoms with van der Waals surface area (Å²) in [5.74, 6) is 1.27. The van der Waals surface area contributed by atoms with Crippen molar-refractivity contribution in [3.8, 4) is 11.4 Å². The van der Waals surface area contributed by atoms with Crippen molar-refractivity contribution in [2.45, 2.75) is 32.9 Å². The van der Waals surface area contributed by atoms with Crippen molar-refractivity contribution < 1.29 is 4.74 Å². The number of aromatic amines is 1.